The van der Waals surface area contributed by atoms with Crippen LogP contribution in [0, 0.1) is 18.3 Å². The Morgan fingerprint density at radius 3 is 2.22 bits per heavy atom. The molecule has 0 saturated heterocycles. The van der Waals surface area contributed by atoms with Crippen LogP contribution in [-0.4, -0.2) is 47.0 Å². The molecule has 3 unspecified atom stereocenters. The van der Waals surface area contributed by atoms with Crippen molar-refractivity contribution in [3.63, 3.8) is 0 Å². The van der Waals surface area contributed by atoms with Crippen LogP contribution in [0.15, 0.2) is 24.3 Å². The molecule has 2 N–H and O–H groups in total. The van der Waals surface area contributed by atoms with Gasteiger partial charge in [-0.3, -0.25) is 9.59 Å². The quantitative estimate of drug-likeness (QED) is 0.306. The van der Waals surface area contributed by atoms with Gasteiger partial charge in [0.2, 0.25) is 11.8 Å². The lowest BCUT2D eigenvalue weighted by atomic mass is 9.93. The fourth-order valence-corrected chi connectivity index (χ4v) is 3.88. The van der Waals surface area contributed by atoms with Crippen molar-refractivity contribution in [2.45, 2.75) is 105 Å². The summed E-state index contributed by atoms with van der Waals surface area (Å²) < 4.78 is 5.45. The van der Waals surface area contributed by atoms with Crippen molar-refractivity contribution >= 4 is 17.9 Å². The number of alkyl carbamates (subject to hydrolysis) is 1. The summed E-state index contributed by atoms with van der Waals surface area (Å²) >= 11 is 0. The number of rotatable bonds is 12. The molecule has 0 saturated carbocycles. The molecule has 36 heavy (non-hydrogen) atoms. The number of unbranched alkanes of at least 4 members (excludes halogenated alkanes) is 2. The van der Waals surface area contributed by atoms with Crippen molar-refractivity contribution in [3.8, 4) is 12.3 Å². The van der Waals surface area contributed by atoms with Gasteiger partial charge in [-0.05, 0) is 58.6 Å². The third-order valence-electron chi connectivity index (χ3n) is 5.84. The van der Waals surface area contributed by atoms with Crippen molar-refractivity contribution in [3.05, 3.63) is 35.4 Å². The van der Waals surface area contributed by atoms with Gasteiger partial charge in [-0.25, -0.2) is 4.79 Å². The molecule has 0 fully saturated rings. The van der Waals surface area contributed by atoms with Crippen molar-refractivity contribution in [2.75, 3.05) is 6.54 Å². The minimum Gasteiger partial charge on any atom is -0.444 e. The van der Waals surface area contributed by atoms with E-state index in [0.29, 0.717) is 30.5 Å². The van der Waals surface area contributed by atoms with Crippen LogP contribution >= 0.6 is 0 Å². The predicted octanol–water partition coefficient (Wildman–Crippen LogP) is 5.19. The first kappa shape index (κ1) is 31.0. The van der Waals surface area contributed by atoms with Gasteiger partial charge >= 0.3 is 6.09 Å². The van der Waals surface area contributed by atoms with Crippen LogP contribution in [0.4, 0.5) is 4.79 Å². The summed E-state index contributed by atoms with van der Waals surface area (Å²) in [5.41, 5.74) is 0.428. The van der Waals surface area contributed by atoms with Gasteiger partial charge in [-0.2, -0.15) is 0 Å². The van der Waals surface area contributed by atoms with E-state index in [-0.39, 0.29) is 23.8 Å². The Hall–Kier alpha value is -3.01. The summed E-state index contributed by atoms with van der Waals surface area (Å²) in [6.07, 6.45) is 8.33. The number of carbonyl (C=O) groups excluding carboxylic acids is 3. The van der Waals surface area contributed by atoms with Gasteiger partial charge in [0.25, 0.3) is 0 Å². The molecule has 0 heterocycles. The summed E-state index contributed by atoms with van der Waals surface area (Å²) in [6.45, 7) is 15.4. The van der Waals surface area contributed by atoms with Crippen LogP contribution in [0.25, 0.3) is 0 Å². The van der Waals surface area contributed by atoms with Crippen molar-refractivity contribution in [1.82, 2.24) is 15.5 Å². The lowest BCUT2D eigenvalue weighted by molar-refractivity contribution is -0.143. The topological polar surface area (TPSA) is 87.7 Å². The third-order valence-corrected chi connectivity index (χ3v) is 5.84. The Morgan fingerprint density at radius 2 is 1.69 bits per heavy atom. The summed E-state index contributed by atoms with van der Waals surface area (Å²) in [6, 6.07) is 5.26. The lowest BCUT2D eigenvalue weighted by Crippen LogP contribution is -2.55. The first-order valence-electron chi connectivity index (χ1n) is 13.0. The summed E-state index contributed by atoms with van der Waals surface area (Å²) in [7, 11) is 0. The van der Waals surface area contributed by atoms with E-state index < -0.39 is 23.8 Å². The molecule has 0 spiro atoms. The predicted molar refractivity (Wildman–Crippen MR) is 144 cm³/mol. The lowest BCUT2D eigenvalue weighted by Gasteiger charge is -2.36. The zero-order valence-electron chi connectivity index (χ0n) is 23.3. The maximum absolute atomic E-state index is 14.2. The van der Waals surface area contributed by atoms with E-state index in [1.165, 1.54) is 0 Å². The number of ether oxygens (including phenoxy) is 1. The van der Waals surface area contributed by atoms with Crippen LogP contribution in [0.5, 0.6) is 0 Å². The first-order chi connectivity index (χ1) is 16.9. The van der Waals surface area contributed by atoms with Gasteiger partial charge < -0.3 is 20.3 Å². The molecule has 7 heteroatoms. The smallest absolute Gasteiger partial charge is 0.408 e. The fourth-order valence-electron chi connectivity index (χ4n) is 3.88. The second kappa shape index (κ2) is 14.5. The van der Waals surface area contributed by atoms with Crippen LogP contribution in [0.2, 0.25) is 0 Å². The average molecular weight is 500 g/mol. The number of terminal acetylenes is 1. The highest BCUT2D eigenvalue weighted by Crippen LogP contribution is 2.28. The number of amides is 3. The Labute approximate surface area is 217 Å². The maximum atomic E-state index is 14.2. The Balaban J connectivity index is 3.59. The van der Waals surface area contributed by atoms with Gasteiger partial charge in [0, 0.05) is 18.2 Å². The van der Waals surface area contributed by atoms with E-state index in [9.17, 15) is 14.4 Å². The second-order valence-corrected chi connectivity index (χ2v) is 10.5. The number of nitrogens with zero attached hydrogens (tertiary/aromatic N) is 1. The molecule has 0 aliphatic heterocycles. The molecule has 1 aromatic carbocycles. The molecule has 0 radical (unpaired) electrons. The molecule has 3 amide bonds. The third kappa shape index (κ3) is 9.56. The molecule has 0 aliphatic rings. The molecule has 7 nitrogen and oxygen atoms in total. The molecular formula is C29H45N3O4. The zero-order valence-corrected chi connectivity index (χ0v) is 23.3. The maximum Gasteiger partial charge on any atom is 0.408 e. The minimum absolute atomic E-state index is 0.129. The van der Waals surface area contributed by atoms with E-state index in [0.717, 1.165) is 12.8 Å². The SMILES string of the molecule is C#Cc1ccccc1C(C(=O)NC(C)C)N(CCCCC)C(=O)C(NC(=O)OC(C)(C)C)C(C)CC. The molecule has 200 valence electrons. The normalized spacial score (nSPS) is 13.8. The van der Waals surface area contributed by atoms with E-state index in [1.807, 2.05) is 39.8 Å². The van der Waals surface area contributed by atoms with Crippen molar-refractivity contribution in [2.24, 2.45) is 5.92 Å². The molecule has 0 aromatic heterocycles. The molecule has 1 aromatic rings. The van der Waals surface area contributed by atoms with Crippen molar-refractivity contribution < 1.29 is 19.1 Å². The number of hydrogen-bond donors (Lipinski definition) is 2. The van der Waals surface area contributed by atoms with Crippen LogP contribution in [0.1, 0.15) is 98.2 Å². The average Bonchev–Trinajstić information content (AvgIpc) is 2.79. The fraction of sp³-hybridized carbons (Fsp3) is 0.621. The van der Waals surface area contributed by atoms with Gasteiger partial charge in [0.1, 0.15) is 17.7 Å². The molecule has 0 bridgehead atoms. The highest BCUT2D eigenvalue weighted by molar-refractivity contribution is 5.92. The zero-order chi connectivity index (χ0) is 27.5. The monoisotopic (exact) mass is 499 g/mol. The molecule has 1 rings (SSSR count). The Bertz CT molecular complexity index is 914. The number of hydrogen-bond acceptors (Lipinski definition) is 4. The van der Waals surface area contributed by atoms with Crippen LogP contribution in [-0.2, 0) is 14.3 Å². The summed E-state index contributed by atoms with van der Waals surface area (Å²) in [4.78, 5) is 42.0. The highest BCUT2D eigenvalue weighted by Gasteiger charge is 2.38. The molecule has 3 atom stereocenters. The van der Waals surface area contributed by atoms with E-state index in [2.05, 4.69) is 23.5 Å². The number of carbonyl (C=O) groups is 3. The van der Waals surface area contributed by atoms with E-state index >= 15 is 0 Å². The second-order valence-electron chi connectivity index (χ2n) is 10.5. The first-order valence-corrected chi connectivity index (χ1v) is 13.0. The Kier molecular flexibility index (Phi) is 12.5. The van der Waals surface area contributed by atoms with Crippen molar-refractivity contribution in [1.29, 1.82) is 0 Å². The number of benzene rings is 1. The van der Waals surface area contributed by atoms with Crippen LogP contribution in [0.3, 0.4) is 0 Å². The Morgan fingerprint density at radius 1 is 1.06 bits per heavy atom. The van der Waals surface area contributed by atoms with E-state index in [4.69, 9.17) is 11.2 Å². The summed E-state index contributed by atoms with van der Waals surface area (Å²) in [5, 5.41) is 5.74. The van der Waals surface area contributed by atoms with Gasteiger partial charge in [0.05, 0.1) is 0 Å². The number of nitrogens with one attached hydrogen (secondary N) is 2. The van der Waals surface area contributed by atoms with E-state index in [1.54, 1.807) is 37.8 Å². The largest absolute Gasteiger partial charge is 0.444 e. The molecule has 0 aliphatic carbocycles. The summed E-state index contributed by atoms with van der Waals surface area (Å²) in [5.74, 6) is 1.83. The highest BCUT2D eigenvalue weighted by atomic mass is 16.6. The van der Waals surface area contributed by atoms with Gasteiger partial charge in [-0.1, -0.05) is 64.2 Å². The standard InChI is InChI=1S/C29H45N3O4/c1-10-13-16-19-32(27(34)24(21(6)11-2)31-28(35)36-29(7,8)9)25(26(33)30-20(4)5)23-18-15-14-17-22(23)12-3/h3,14-15,17-18,20-21,24-25H,10-11,13,16,19H2,1-2,4-9H3,(H,30,33)(H,31,35). The van der Waals surface area contributed by atoms with Crippen LogP contribution < -0.4 is 10.6 Å². The minimum atomic E-state index is -0.934. The van der Waals surface area contributed by atoms with Gasteiger partial charge in [-0.15, -0.1) is 6.42 Å². The molecular weight excluding hydrogens is 454 g/mol. The van der Waals surface area contributed by atoms with Gasteiger partial charge in [0.15, 0.2) is 0 Å².